The number of hydrogen-bond acceptors (Lipinski definition) is 3. The zero-order chi connectivity index (χ0) is 11.1. The van der Waals surface area contributed by atoms with E-state index in [-0.39, 0.29) is 0 Å². The van der Waals surface area contributed by atoms with Gasteiger partial charge in [-0.1, -0.05) is 0 Å². The molecule has 2 heterocycles. The van der Waals surface area contributed by atoms with Crippen molar-refractivity contribution in [3.8, 4) is 0 Å². The summed E-state index contributed by atoms with van der Waals surface area (Å²) in [5.74, 6) is 1.92. The molecule has 1 saturated carbocycles. The highest BCUT2D eigenvalue weighted by atomic mass is 15.3. The predicted octanol–water partition coefficient (Wildman–Crippen LogP) is 2.17. The van der Waals surface area contributed by atoms with Gasteiger partial charge in [0.25, 0.3) is 0 Å². The number of aromatic nitrogens is 3. The molecule has 4 nitrogen and oxygen atoms in total. The number of hydrogen-bond donors (Lipinski definition) is 1. The molecule has 1 N–H and O–H groups in total. The fourth-order valence-electron chi connectivity index (χ4n) is 1.91. The zero-order valence-electron chi connectivity index (χ0n) is 9.70. The van der Waals surface area contributed by atoms with Gasteiger partial charge in [0.15, 0.2) is 5.65 Å². The summed E-state index contributed by atoms with van der Waals surface area (Å²) in [6.07, 6.45) is 2.72. The zero-order valence-corrected chi connectivity index (χ0v) is 9.70. The van der Waals surface area contributed by atoms with Crippen molar-refractivity contribution in [3.05, 3.63) is 23.5 Å². The third-order valence-corrected chi connectivity index (χ3v) is 2.95. The Labute approximate surface area is 94.7 Å². The van der Waals surface area contributed by atoms with Gasteiger partial charge in [-0.25, -0.2) is 4.98 Å². The molecule has 84 valence electrons. The number of anilines is 1. The summed E-state index contributed by atoms with van der Waals surface area (Å²) in [4.78, 5) is 4.46. The van der Waals surface area contributed by atoms with Crippen LogP contribution in [0.2, 0.25) is 0 Å². The lowest BCUT2D eigenvalue weighted by Crippen LogP contribution is -2.09. The van der Waals surface area contributed by atoms with Crippen LogP contribution in [0.1, 0.15) is 24.2 Å². The van der Waals surface area contributed by atoms with E-state index in [9.17, 15) is 0 Å². The lowest BCUT2D eigenvalue weighted by molar-refractivity contribution is 0.849. The molecule has 0 aromatic carbocycles. The van der Waals surface area contributed by atoms with E-state index in [1.807, 2.05) is 24.4 Å². The normalized spacial score (nSPS) is 15.6. The Balaban J connectivity index is 1.98. The summed E-state index contributed by atoms with van der Waals surface area (Å²) in [6.45, 7) is 5.07. The Morgan fingerprint density at radius 3 is 2.88 bits per heavy atom. The second-order valence-electron chi connectivity index (χ2n) is 4.66. The molecule has 0 bridgehead atoms. The van der Waals surface area contributed by atoms with E-state index >= 15 is 0 Å². The topological polar surface area (TPSA) is 42.2 Å². The van der Waals surface area contributed by atoms with E-state index in [0.717, 1.165) is 35.3 Å². The summed E-state index contributed by atoms with van der Waals surface area (Å²) in [5.41, 5.74) is 2.97. The van der Waals surface area contributed by atoms with E-state index < -0.39 is 0 Å². The fourth-order valence-corrected chi connectivity index (χ4v) is 1.91. The van der Waals surface area contributed by atoms with Crippen molar-refractivity contribution in [2.45, 2.75) is 26.7 Å². The summed E-state index contributed by atoms with van der Waals surface area (Å²) in [6, 6.07) is 4.07. The minimum Gasteiger partial charge on any atom is -0.370 e. The summed E-state index contributed by atoms with van der Waals surface area (Å²) in [7, 11) is 0. The molecule has 1 aliphatic carbocycles. The molecule has 0 atom stereocenters. The lowest BCUT2D eigenvalue weighted by Gasteiger charge is -2.08. The SMILES string of the molecule is Cc1cc(NCC2CC2)n2nc(C)cc2n1. The summed E-state index contributed by atoms with van der Waals surface area (Å²) < 4.78 is 1.89. The first-order chi connectivity index (χ1) is 7.72. The Bertz CT molecular complexity index is 525. The molecular formula is C12H16N4. The Kier molecular flexibility index (Phi) is 2.09. The molecule has 0 spiro atoms. The molecule has 2 aromatic rings. The molecule has 0 amide bonds. The van der Waals surface area contributed by atoms with Crippen LogP contribution in [0.25, 0.3) is 5.65 Å². The van der Waals surface area contributed by atoms with Gasteiger partial charge < -0.3 is 5.32 Å². The fraction of sp³-hybridized carbons (Fsp3) is 0.500. The second-order valence-corrected chi connectivity index (χ2v) is 4.66. The number of aryl methyl sites for hydroxylation is 2. The first-order valence-electron chi connectivity index (χ1n) is 5.80. The van der Waals surface area contributed by atoms with Crippen LogP contribution in [0.15, 0.2) is 12.1 Å². The monoisotopic (exact) mass is 216 g/mol. The van der Waals surface area contributed by atoms with Gasteiger partial charge in [0.2, 0.25) is 0 Å². The lowest BCUT2D eigenvalue weighted by atomic mass is 10.4. The summed E-state index contributed by atoms with van der Waals surface area (Å²) in [5, 5.41) is 7.91. The smallest absolute Gasteiger partial charge is 0.157 e. The first kappa shape index (κ1) is 9.63. The summed E-state index contributed by atoms with van der Waals surface area (Å²) >= 11 is 0. The van der Waals surface area contributed by atoms with Crippen LogP contribution in [0.3, 0.4) is 0 Å². The third-order valence-electron chi connectivity index (χ3n) is 2.95. The van der Waals surface area contributed by atoms with Crippen LogP contribution in [-0.4, -0.2) is 21.1 Å². The average Bonchev–Trinajstić information content (AvgIpc) is 2.97. The molecule has 0 unspecified atom stereocenters. The van der Waals surface area contributed by atoms with Crippen molar-refractivity contribution in [2.75, 3.05) is 11.9 Å². The van der Waals surface area contributed by atoms with Crippen LogP contribution in [0.4, 0.5) is 5.82 Å². The van der Waals surface area contributed by atoms with Gasteiger partial charge in [-0.15, -0.1) is 0 Å². The van der Waals surface area contributed by atoms with E-state index in [4.69, 9.17) is 0 Å². The molecule has 1 fully saturated rings. The van der Waals surface area contributed by atoms with Crippen LogP contribution in [-0.2, 0) is 0 Å². The van der Waals surface area contributed by atoms with Crippen molar-refractivity contribution in [1.82, 2.24) is 14.6 Å². The van der Waals surface area contributed by atoms with Gasteiger partial charge in [-0.2, -0.15) is 9.61 Å². The highest BCUT2D eigenvalue weighted by molar-refractivity contribution is 5.50. The van der Waals surface area contributed by atoms with Gasteiger partial charge in [-0.3, -0.25) is 0 Å². The maximum atomic E-state index is 4.46. The Morgan fingerprint density at radius 1 is 1.31 bits per heavy atom. The largest absolute Gasteiger partial charge is 0.370 e. The molecule has 4 heteroatoms. The van der Waals surface area contributed by atoms with Gasteiger partial charge in [0.05, 0.1) is 5.69 Å². The average molecular weight is 216 g/mol. The Morgan fingerprint density at radius 2 is 2.12 bits per heavy atom. The molecule has 0 aliphatic heterocycles. The number of nitrogens with zero attached hydrogens (tertiary/aromatic N) is 3. The van der Waals surface area contributed by atoms with Crippen molar-refractivity contribution in [3.63, 3.8) is 0 Å². The van der Waals surface area contributed by atoms with Crippen molar-refractivity contribution >= 4 is 11.5 Å². The van der Waals surface area contributed by atoms with E-state index in [2.05, 4.69) is 21.5 Å². The predicted molar refractivity (Wildman–Crippen MR) is 63.7 cm³/mol. The molecule has 2 aromatic heterocycles. The van der Waals surface area contributed by atoms with Crippen LogP contribution >= 0.6 is 0 Å². The van der Waals surface area contributed by atoms with Crippen molar-refractivity contribution in [1.29, 1.82) is 0 Å². The standard InChI is InChI=1S/C12H16N4/c1-8-5-11(13-7-10-3-4-10)16-12(14-8)6-9(2)15-16/h5-6,10,13H,3-4,7H2,1-2H3. The van der Waals surface area contributed by atoms with E-state index in [0.29, 0.717) is 0 Å². The first-order valence-corrected chi connectivity index (χ1v) is 5.80. The molecule has 1 aliphatic rings. The maximum Gasteiger partial charge on any atom is 0.157 e. The van der Waals surface area contributed by atoms with Gasteiger partial charge in [0.1, 0.15) is 5.82 Å². The van der Waals surface area contributed by atoms with E-state index in [1.165, 1.54) is 12.8 Å². The van der Waals surface area contributed by atoms with Crippen molar-refractivity contribution in [2.24, 2.45) is 5.92 Å². The second kappa shape index (κ2) is 3.47. The molecule has 16 heavy (non-hydrogen) atoms. The minimum absolute atomic E-state index is 0.861. The van der Waals surface area contributed by atoms with Crippen molar-refractivity contribution < 1.29 is 0 Å². The number of rotatable bonds is 3. The van der Waals surface area contributed by atoms with Crippen LogP contribution in [0, 0.1) is 19.8 Å². The van der Waals surface area contributed by atoms with Crippen LogP contribution in [0.5, 0.6) is 0 Å². The minimum atomic E-state index is 0.861. The third kappa shape index (κ3) is 1.75. The highest BCUT2D eigenvalue weighted by Crippen LogP contribution is 2.29. The molecule has 3 rings (SSSR count). The Hall–Kier alpha value is -1.58. The van der Waals surface area contributed by atoms with E-state index in [1.54, 1.807) is 0 Å². The highest BCUT2D eigenvalue weighted by Gasteiger charge is 2.21. The molecular weight excluding hydrogens is 200 g/mol. The maximum absolute atomic E-state index is 4.46. The van der Waals surface area contributed by atoms with Crippen LogP contribution < -0.4 is 5.32 Å². The van der Waals surface area contributed by atoms with Gasteiger partial charge >= 0.3 is 0 Å². The van der Waals surface area contributed by atoms with Gasteiger partial charge in [0, 0.05) is 24.4 Å². The van der Waals surface area contributed by atoms with Gasteiger partial charge in [-0.05, 0) is 32.6 Å². The number of fused-ring (bicyclic) bond motifs is 1. The molecule has 0 saturated heterocycles. The molecule has 0 radical (unpaired) electrons. The quantitative estimate of drug-likeness (QED) is 0.855. The number of nitrogens with one attached hydrogen (secondary N) is 1.